The van der Waals surface area contributed by atoms with Crippen LogP contribution in [0.15, 0.2) is 59.8 Å². The molecule has 6 heteroatoms. The number of carbonyl (C=O) groups is 2. The molecule has 4 rings (SSSR count). The lowest BCUT2D eigenvalue weighted by molar-refractivity contribution is -0.126. The van der Waals surface area contributed by atoms with E-state index in [4.69, 9.17) is 4.74 Å². The highest BCUT2D eigenvalue weighted by molar-refractivity contribution is 6.01. The van der Waals surface area contributed by atoms with Gasteiger partial charge in [-0.1, -0.05) is 42.0 Å². The molecular formula is C21H21N3O3. The molecule has 0 aromatic heterocycles. The molecule has 1 atom stereocenters. The van der Waals surface area contributed by atoms with Gasteiger partial charge in [-0.15, -0.1) is 0 Å². The summed E-state index contributed by atoms with van der Waals surface area (Å²) in [6.45, 7) is 2.88. The minimum absolute atomic E-state index is 0.0566. The van der Waals surface area contributed by atoms with Crippen molar-refractivity contribution < 1.29 is 14.3 Å². The fourth-order valence-electron chi connectivity index (χ4n) is 3.52. The molecule has 0 saturated heterocycles. The van der Waals surface area contributed by atoms with E-state index in [1.807, 2.05) is 55.5 Å². The summed E-state index contributed by atoms with van der Waals surface area (Å²) in [4.78, 5) is 26.9. The third-order valence-electron chi connectivity index (χ3n) is 4.96. The summed E-state index contributed by atoms with van der Waals surface area (Å²) >= 11 is 0. The number of methoxy groups -OCH3 is 1. The molecule has 2 N–H and O–H groups in total. The minimum atomic E-state index is -0.428. The number of benzene rings is 2. The largest absolute Gasteiger partial charge is 0.497 e. The second kappa shape index (κ2) is 6.79. The van der Waals surface area contributed by atoms with Gasteiger partial charge >= 0.3 is 6.03 Å². The standard InChI is InChI=1S/C21H21N3O3/c1-13-3-7-15(8-4-13)19-18-17(22-21(26)23-19)12-24(20(18)25)11-14-5-9-16(27-2)10-6-14/h3-10,19H,11-12H2,1-2H3,(H2,22,23,26)/t19-/m1/s1. The highest BCUT2D eigenvalue weighted by Gasteiger charge is 2.40. The van der Waals surface area contributed by atoms with Gasteiger partial charge in [0.25, 0.3) is 5.91 Å². The predicted octanol–water partition coefficient (Wildman–Crippen LogP) is 2.65. The topological polar surface area (TPSA) is 70.7 Å². The molecule has 0 radical (unpaired) electrons. The Labute approximate surface area is 157 Å². The first-order chi connectivity index (χ1) is 13.0. The zero-order valence-corrected chi connectivity index (χ0v) is 15.3. The summed E-state index contributed by atoms with van der Waals surface area (Å²) in [7, 11) is 1.62. The van der Waals surface area contributed by atoms with Gasteiger partial charge in [0.1, 0.15) is 5.75 Å². The maximum absolute atomic E-state index is 13.1. The summed E-state index contributed by atoms with van der Waals surface area (Å²) in [5, 5.41) is 5.68. The number of rotatable bonds is 4. The lowest BCUT2D eigenvalue weighted by atomic mass is 9.95. The quantitative estimate of drug-likeness (QED) is 0.877. The van der Waals surface area contributed by atoms with Crippen LogP contribution in [-0.2, 0) is 11.3 Å². The zero-order chi connectivity index (χ0) is 19.0. The van der Waals surface area contributed by atoms with Gasteiger partial charge in [0.15, 0.2) is 0 Å². The Balaban J connectivity index is 1.58. The molecular weight excluding hydrogens is 342 g/mol. The zero-order valence-electron chi connectivity index (χ0n) is 15.3. The number of aryl methyl sites for hydroxylation is 1. The molecule has 2 aromatic rings. The maximum Gasteiger partial charge on any atom is 0.319 e. The summed E-state index contributed by atoms with van der Waals surface area (Å²) in [6.07, 6.45) is 0. The monoisotopic (exact) mass is 363 g/mol. The minimum Gasteiger partial charge on any atom is -0.497 e. The molecule has 6 nitrogen and oxygen atoms in total. The van der Waals surface area contributed by atoms with Crippen molar-refractivity contribution in [2.45, 2.75) is 19.5 Å². The second-order valence-electron chi connectivity index (χ2n) is 6.84. The van der Waals surface area contributed by atoms with Crippen molar-refractivity contribution in [3.05, 3.63) is 76.5 Å². The Hall–Kier alpha value is -3.28. The first kappa shape index (κ1) is 17.1. The number of nitrogens with one attached hydrogen (secondary N) is 2. The molecule has 2 aliphatic rings. The van der Waals surface area contributed by atoms with Crippen molar-refractivity contribution >= 4 is 11.9 Å². The fraction of sp³-hybridized carbons (Fsp3) is 0.238. The van der Waals surface area contributed by atoms with Crippen LogP contribution in [0.4, 0.5) is 4.79 Å². The van der Waals surface area contributed by atoms with Crippen molar-refractivity contribution in [3.63, 3.8) is 0 Å². The lowest BCUT2D eigenvalue weighted by Gasteiger charge is -2.25. The van der Waals surface area contributed by atoms with Crippen LogP contribution in [0.2, 0.25) is 0 Å². The molecule has 0 bridgehead atoms. The molecule has 2 heterocycles. The highest BCUT2D eigenvalue weighted by atomic mass is 16.5. The Kier molecular flexibility index (Phi) is 4.32. The molecule has 0 aliphatic carbocycles. The van der Waals surface area contributed by atoms with Crippen LogP contribution in [0, 0.1) is 6.92 Å². The van der Waals surface area contributed by atoms with Crippen LogP contribution in [0.5, 0.6) is 5.75 Å². The van der Waals surface area contributed by atoms with Gasteiger partial charge in [-0.2, -0.15) is 0 Å². The van der Waals surface area contributed by atoms with Gasteiger partial charge in [-0.25, -0.2) is 4.79 Å². The number of hydrogen-bond donors (Lipinski definition) is 2. The molecule has 3 amide bonds. The van der Waals surface area contributed by atoms with Crippen LogP contribution in [0.25, 0.3) is 0 Å². The van der Waals surface area contributed by atoms with Gasteiger partial charge in [0.05, 0.1) is 31.0 Å². The maximum atomic E-state index is 13.1. The van der Waals surface area contributed by atoms with E-state index >= 15 is 0 Å². The van der Waals surface area contributed by atoms with E-state index < -0.39 is 6.04 Å². The van der Waals surface area contributed by atoms with Gasteiger partial charge in [0, 0.05) is 6.54 Å². The lowest BCUT2D eigenvalue weighted by Crippen LogP contribution is -2.44. The highest BCUT2D eigenvalue weighted by Crippen LogP contribution is 2.33. The van der Waals surface area contributed by atoms with Gasteiger partial charge < -0.3 is 20.3 Å². The molecule has 0 unspecified atom stereocenters. The van der Waals surface area contributed by atoms with E-state index in [1.165, 1.54) is 0 Å². The van der Waals surface area contributed by atoms with E-state index in [1.54, 1.807) is 12.0 Å². The van der Waals surface area contributed by atoms with Crippen LogP contribution in [-0.4, -0.2) is 30.5 Å². The predicted molar refractivity (Wildman–Crippen MR) is 101 cm³/mol. The normalized spacial score (nSPS) is 18.9. The smallest absolute Gasteiger partial charge is 0.319 e. The molecule has 27 heavy (non-hydrogen) atoms. The average Bonchev–Trinajstić information content (AvgIpc) is 2.97. The summed E-state index contributed by atoms with van der Waals surface area (Å²) < 4.78 is 5.18. The van der Waals surface area contributed by atoms with Gasteiger partial charge in [-0.05, 0) is 30.2 Å². The number of ether oxygens (including phenoxy) is 1. The second-order valence-corrected chi connectivity index (χ2v) is 6.84. The van der Waals surface area contributed by atoms with E-state index in [0.717, 1.165) is 22.4 Å². The summed E-state index contributed by atoms with van der Waals surface area (Å²) in [6, 6.07) is 14.8. The number of urea groups is 1. The third-order valence-corrected chi connectivity index (χ3v) is 4.96. The fourth-order valence-corrected chi connectivity index (χ4v) is 3.52. The Bertz CT molecular complexity index is 917. The van der Waals surface area contributed by atoms with Crippen LogP contribution >= 0.6 is 0 Å². The Morgan fingerprint density at radius 3 is 2.44 bits per heavy atom. The molecule has 138 valence electrons. The Morgan fingerprint density at radius 1 is 1.07 bits per heavy atom. The van der Waals surface area contributed by atoms with Crippen LogP contribution < -0.4 is 15.4 Å². The van der Waals surface area contributed by atoms with E-state index in [2.05, 4.69) is 10.6 Å². The molecule has 2 aromatic carbocycles. The van der Waals surface area contributed by atoms with E-state index in [0.29, 0.717) is 24.4 Å². The van der Waals surface area contributed by atoms with E-state index in [9.17, 15) is 9.59 Å². The molecule has 2 aliphatic heterocycles. The van der Waals surface area contributed by atoms with Crippen molar-refractivity contribution in [1.82, 2.24) is 15.5 Å². The van der Waals surface area contributed by atoms with Crippen LogP contribution in [0.1, 0.15) is 22.7 Å². The molecule has 0 spiro atoms. The Morgan fingerprint density at radius 2 is 1.78 bits per heavy atom. The van der Waals surface area contributed by atoms with E-state index in [-0.39, 0.29) is 11.9 Å². The number of nitrogens with zero attached hydrogens (tertiary/aromatic N) is 1. The summed E-state index contributed by atoms with van der Waals surface area (Å²) in [5.41, 5.74) is 4.35. The SMILES string of the molecule is COc1ccc(CN2CC3=C(C2=O)[C@@H](c2ccc(C)cc2)NC(=O)N3)cc1. The first-order valence-electron chi connectivity index (χ1n) is 8.84. The average molecular weight is 363 g/mol. The van der Waals surface area contributed by atoms with Crippen molar-refractivity contribution in [2.75, 3.05) is 13.7 Å². The van der Waals surface area contributed by atoms with Crippen LogP contribution in [0.3, 0.4) is 0 Å². The number of carbonyl (C=O) groups excluding carboxylic acids is 2. The number of hydrogen-bond acceptors (Lipinski definition) is 3. The summed E-state index contributed by atoms with van der Waals surface area (Å²) in [5.74, 6) is 0.721. The van der Waals surface area contributed by atoms with Crippen molar-refractivity contribution in [2.24, 2.45) is 0 Å². The van der Waals surface area contributed by atoms with Crippen molar-refractivity contribution in [3.8, 4) is 5.75 Å². The number of amides is 3. The third kappa shape index (κ3) is 3.26. The van der Waals surface area contributed by atoms with Crippen molar-refractivity contribution in [1.29, 1.82) is 0 Å². The first-order valence-corrected chi connectivity index (χ1v) is 8.84. The van der Waals surface area contributed by atoms with Gasteiger partial charge in [-0.3, -0.25) is 4.79 Å². The molecule has 0 saturated carbocycles. The van der Waals surface area contributed by atoms with Gasteiger partial charge in [0.2, 0.25) is 0 Å². The molecule has 0 fully saturated rings.